The third-order valence-electron chi connectivity index (χ3n) is 1.61. The lowest BCUT2D eigenvalue weighted by Crippen LogP contribution is -2.04. The molecule has 2 aromatic heterocycles. The average Bonchev–Trinajstić information content (AvgIpc) is 2.73. The number of aromatic amines is 2. The predicted octanol–water partition coefficient (Wildman–Crippen LogP) is 1.82. The van der Waals surface area contributed by atoms with Crippen molar-refractivity contribution in [2.45, 2.75) is 6.18 Å². The van der Waals surface area contributed by atoms with E-state index in [0.717, 1.165) is 6.20 Å². The van der Waals surface area contributed by atoms with Crippen molar-refractivity contribution in [3.8, 4) is 11.5 Å². The maximum Gasteiger partial charge on any atom is 0.434 e. The summed E-state index contributed by atoms with van der Waals surface area (Å²) in [6, 6.07) is 0. The van der Waals surface area contributed by atoms with E-state index in [1.807, 2.05) is 0 Å². The number of hydrogen-bond acceptors (Lipinski definition) is 2. The summed E-state index contributed by atoms with van der Waals surface area (Å²) < 4.78 is 36.4. The minimum absolute atomic E-state index is 0.0959. The number of hydrogen-bond donors (Lipinski definition) is 2. The molecule has 4 nitrogen and oxygen atoms in total. The number of alkyl halides is 3. The Labute approximate surface area is 76.2 Å². The summed E-state index contributed by atoms with van der Waals surface area (Å²) in [7, 11) is 0. The van der Waals surface area contributed by atoms with Gasteiger partial charge in [0.05, 0.1) is 6.33 Å². The number of nitrogens with zero attached hydrogens (tertiary/aromatic N) is 2. The summed E-state index contributed by atoms with van der Waals surface area (Å²) in [5.74, 6) is 0.0959. The van der Waals surface area contributed by atoms with Crippen LogP contribution >= 0.6 is 0 Å². The first-order valence-corrected chi connectivity index (χ1v) is 3.69. The van der Waals surface area contributed by atoms with Crippen molar-refractivity contribution in [3.05, 3.63) is 24.4 Å². The highest BCUT2D eigenvalue weighted by Gasteiger charge is 2.33. The monoisotopic (exact) mass is 202 g/mol. The second-order valence-corrected chi connectivity index (χ2v) is 2.59. The standard InChI is InChI=1S/C7H5F3N4/c8-7(9,10)5-2-12-6(14-5)4-1-11-3-13-4/h1-3H,(H,11,13)(H,12,14). The van der Waals surface area contributed by atoms with E-state index in [1.54, 1.807) is 0 Å². The predicted molar refractivity (Wildman–Crippen MR) is 41.2 cm³/mol. The van der Waals surface area contributed by atoms with E-state index in [-0.39, 0.29) is 5.82 Å². The fourth-order valence-electron chi connectivity index (χ4n) is 0.988. The van der Waals surface area contributed by atoms with Crippen molar-refractivity contribution < 1.29 is 13.2 Å². The first kappa shape index (κ1) is 8.79. The van der Waals surface area contributed by atoms with Crippen LogP contribution in [0, 0.1) is 0 Å². The largest absolute Gasteiger partial charge is 0.434 e. The van der Waals surface area contributed by atoms with Crippen molar-refractivity contribution in [1.29, 1.82) is 0 Å². The number of imidazole rings is 2. The summed E-state index contributed by atoms with van der Waals surface area (Å²) in [6.07, 6.45) is -0.792. The molecule has 7 heteroatoms. The minimum Gasteiger partial charge on any atom is -0.350 e. The van der Waals surface area contributed by atoms with Gasteiger partial charge < -0.3 is 9.97 Å². The fraction of sp³-hybridized carbons (Fsp3) is 0.143. The van der Waals surface area contributed by atoms with Crippen molar-refractivity contribution in [1.82, 2.24) is 19.9 Å². The Morgan fingerprint density at radius 2 is 2.00 bits per heavy atom. The first-order valence-electron chi connectivity index (χ1n) is 3.69. The Bertz CT molecular complexity index is 414. The summed E-state index contributed by atoms with van der Waals surface area (Å²) in [6.45, 7) is 0. The number of H-pyrrole nitrogens is 2. The van der Waals surface area contributed by atoms with Gasteiger partial charge in [-0.15, -0.1) is 0 Å². The van der Waals surface area contributed by atoms with E-state index in [1.165, 1.54) is 12.5 Å². The molecular weight excluding hydrogens is 197 g/mol. The van der Waals surface area contributed by atoms with E-state index in [4.69, 9.17) is 0 Å². The Kier molecular flexibility index (Phi) is 1.80. The second kappa shape index (κ2) is 2.86. The lowest BCUT2D eigenvalue weighted by molar-refractivity contribution is -0.140. The molecule has 0 aliphatic rings. The summed E-state index contributed by atoms with van der Waals surface area (Å²) in [5.41, 5.74) is -0.601. The van der Waals surface area contributed by atoms with Gasteiger partial charge in [0.25, 0.3) is 0 Å². The van der Waals surface area contributed by atoms with Gasteiger partial charge in [-0.1, -0.05) is 0 Å². The SMILES string of the molecule is FC(F)(F)c1c[nH]c(-c2c[nH]cn2)n1. The van der Waals surface area contributed by atoms with Gasteiger partial charge in [0.2, 0.25) is 0 Å². The van der Waals surface area contributed by atoms with Crippen molar-refractivity contribution in [2.75, 3.05) is 0 Å². The molecular formula is C7H5F3N4. The average molecular weight is 202 g/mol. The van der Waals surface area contributed by atoms with Crippen molar-refractivity contribution in [2.24, 2.45) is 0 Å². The van der Waals surface area contributed by atoms with E-state index >= 15 is 0 Å². The van der Waals surface area contributed by atoms with Gasteiger partial charge in [0.1, 0.15) is 5.69 Å². The fourth-order valence-corrected chi connectivity index (χ4v) is 0.988. The van der Waals surface area contributed by atoms with Gasteiger partial charge in [-0.05, 0) is 0 Å². The molecule has 0 aliphatic carbocycles. The Morgan fingerprint density at radius 1 is 1.21 bits per heavy atom. The molecule has 0 atom stereocenters. The van der Waals surface area contributed by atoms with E-state index in [2.05, 4.69) is 19.9 Å². The lowest BCUT2D eigenvalue weighted by atomic mass is 10.4. The highest BCUT2D eigenvalue weighted by molar-refractivity contribution is 5.47. The molecule has 2 heterocycles. The zero-order valence-electron chi connectivity index (χ0n) is 6.76. The van der Waals surface area contributed by atoms with E-state index in [0.29, 0.717) is 5.69 Å². The maximum absolute atomic E-state index is 12.1. The molecule has 0 radical (unpaired) electrons. The third-order valence-corrected chi connectivity index (χ3v) is 1.61. The van der Waals surface area contributed by atoms with Gasteiger partial charge in [-0.3, -0.25) is 0 Å². The molecule has 0 unspecified atom stereocenters. The van der Waals surface area contributed by atoms with Gasteiger partial charge >= 0.3 is 6.18 Å². The molecule has 0 saturated carbocycles. The van der Waals surface area contributed by atoms with E-state index in [9.17, 15) is 13.2 Å². The molecule has 0 saturated heterocycles. The lowest BCUT2D eigenvalue weighted by Gasteiger charge is -1.98. The van der Waals surface area contributed by atoms with Crippen molar-refractivity contribution in [3.63, 3.8) is 0 Å². The zero-order valence-corrected chi connectivity index (χ0v) is 6.76. The highest BCUT2D eigenvalue weighted by atomic mass is 19.4. The van der Waals surface area contributed by atoms with Crippen LogP contribution in [0.4, 0.5) is 13.2 Å². The molecule has 2 aromatic rings. The van der Waals surface area contributed by atoms with Gasteiger partial charge in [0, 0.05) is 12.4 Å². The molecule has 2 N–H and O–H groups in total. The minimum atomic E-state index is -4.43. The summed E-state index contributed by atoms with van der Waals surface area (Å²) in [4.78, 5) is 12.2. The summed E-state index contributed by atoms with van der Waals surface area (Å²) >= 11 is 0. The molecule has 2 rings (SSSR count). The maximum atomic E-state index is 12.1. The van der Waals surface area contributed by atoms with Crippen LogP contribution < -0.4 is 0 Å². The second-order valence-electron chi connectivity index (χ2n) is 2.59. The smallest absolute Gasteiger partial charge is 0.350 e. The quantitative estimate of drug-likeness (QED) is 0.740. The van der Waals surface area contributed by atoms with Gasteiger partial charge in [0.15, 0.2) is 11.5 Å². The molecule has 0 amide bonds. The van der Waals surface area contributed by atoms with Gasteiger partial charge in [-0.2, -0.15) is 13.2 Å². The molecule has 74 valence electrons. The molecule has 14 heavy (non-hydrogen) atoms. The molecule has 0 aromatic carbocycles. The van der Waals surface area contributed by atoms with Gasteiger partial charge in [-0.25, -0.2) is 9.97 Å². The van der Waals surface area contributed by atoms with E-state index < -0.39 is 11.9 Å². The topological polar surface area (TPSA) is 57.4 Å². The van der Waals surface area contributed by atoms with Crippen LogP contribution in [0.2, 0.25) is 0 Å². The number of halogens is 3. The number of rotatable bonds is 1. The van der Waals surface area contributed by atoms with Crippen LogP contribution in [-0.2, 0) is 6.18 Å². The van der Waals surface area contributed by atoms with Crippen LogP contribution in [0.5, 0.6) is 0 Å². The zero-order chi connectivity index (χ0) is 10.2. The number of nitrogens with one attached hydrogen (secondary N) is 2. The summed E-state index contributed by atoms with van der Waals surface area (Å²) in [5, 5.41) is 0. The Balaban J connectivity index is 2.36. The highest BCUT2D eigenvalue weighted by Crippen LogP contribution is 2.28. The first-order chi connectivity index (χ1) is 6.57. The van der Waals surface area contributed by atoms with Crippen LogP contribution in [0.3, 0.4) is 0 Å². The van der Waals surface area contributed by atoms with Crippen molar-refractivity contribution >= 4 is 0 Å². The normalized spacial score (nSPS) is 11.9. The number of aromatic nitrogens is 4. The molecule has 0 aliphatic heterocycles. The Morgan fingerprint density at radius 3 is 2.50 bits per heavy atom. The Hall–Kier alpha value is -1.79. The third kappa shape index (κ3) is 1.48. The van der Waals surface area contributed by atoms with Crippen LogP contribution in [-0.4, -0.2) is 19.9 Å². The molecule has 0 bridgehead atoms. The molecule has 0 spiro atoms. The van der Waals surface area contributed by atoms with Crippen LogP contribution in [0.25, 0.3) is 11.5 Å². The molecule has 0 fully saturated rings. The van der Waals surface area contributed by atoms with Crippen LogP contribution in [0.1, 0.15) is 5.69 Å². The van der Waals surface area contributed by atoms with Crippen LogP contribution in [0.15, 0.2) is 18.7 Å².